The highest BCUT2D eigenvalue weighted by Gasteiger charge is 2.17. The third-order valence-corrected chi connectivity index (χ3v) is 3.41. The predicted molar refractivity (Wildman–Crippen MR) is 66.2 cm³/mol. The van der Waals surface area contributed by atoms with E-state index >= 15 is 0 Å². The molecule has 2 aromatic carbocycles. The third-order valence-electron chi connectivity index (χ3n) is 3.17. The molecule has 1 aliphatic rings. The Labute approximate surface area is 99.0 Å². The summed E-state index contributed by atoms with van der Waals surface area (Å²) in [6, 6.07) is 9.92. The minimum Gasteiger partial charge on any atom is -0.294 e. The number of fused-ring (bicyclic) bond motifs is 2. The van der Waals surface area contributed by atoms with Gasteiger partial charge in [-0.1, -0.05) is 23.7 Å². The maximum absolute atomic E-state index is 11.8. The van der Waals surface area contributed by atoms with Gasteiger partial charge in [0.1, 0.15) is 0 Å². The van der Waals surface area contributed by atoms with E-state index in [1.54, 1.807) is 0 Å². The van der Waals surface area contributed by atoms with Crippen molar-refractivity contribution in [3.63, 3.8) is 0 Å². The summed E-state index contributed by atoms with van der Waals surface area (Å²) < 4.78 is 0. The first kappa shape index (κ1) is 9.86. The van der Waals surface area contributed by atoms with E-state index in [1.807, 2.05) is 24.3 Å². The summed E-state index contributed by atoms with van der Waals surface area (Å²) in [5, 5.41) is 2.94. The van der Waals surface area contributed by atoms with Crippen LogP contribution in [0.1, 0.15) is 28.8 Å². The Morgan fingerprint density at radius 3 is 2.75 bits per heavy atom. The lowest BCUT2D eigenvalue weighted by Gasteiger charge is -2.15. The average Bonchev–Trinajstić information content (AvgIpc) is 2.28. The second kappa shape index (κ2) is 3.60. The number of ketones is 1. The molecule has 0 radical (unpaired) electrons. The first-order chi connectivity index (χ1) is 7.74. The van der Waals surface area contributed by atoms with Crippen molar-refractivity contribution in [2.24, 2.45) is 0 Å². The number of aryl methyl sites for hydroxylation is 1. The van der Waals surface area contributed by atoms with Crippen molar-refractivity contribution in [3.8, 4) is 0 Å². The Kier molecular flexibility index (Phi) is 2.22. The van der Waals surface area contributed by atoms with Crippen molar-refractivity contribution in [2.45, 2.75) is 19.3 Å². The van der Waals surface area contributed by atoms with Gasteiger partial charge in [0, 0.05) is 17.0 Å². The third kappa shape index (κ3) is 1.52. The number of hydrogen-bond donors (Lipinski definition) is 0. The average molecular weight is 231 g/mol. The number of Topliss-reactive ketones (excluding diaryl/α,β-unsaturated/α-hetero) is 1. The summed E-state index contributed by atoms with van der Waals surface area (Å²) in [6.45, 7) is 0. The fourth-order valence-electron chi connectivity index (χ4n) is 2.36. The minimum atomic E-state index is 0.267. The first-order valence-corrected chi connectivity index (χ1v) is 5.87. The lowest BCUT2D eigenvalue weighted by molar-refractivity contribution is 0.0972. The van der Waals surface area contributed by atoms with Gasteiger partial charge in [-0.05, 0) is 47.4 Å². The standard InChI is InChI=1S/C14H11ClO/c15-12-5-4-9-6-10-2-1-3-14(16)13(10)8-11(9)7-12/h4-8H,1-3H2. The van der Waals surface area contributed by atoms with E-state index in [0.29, 0.717) is 6.42 Å². The molecule has 16 heavy (non-hydrogen) atoms. The van der Waals surface area contributed by atoms with E-state index in [0.717, 1.165) is 34.2 Å². The molecule has 1 aliphatic carbocycles. The number of benzene rings is 2. The summed E-state index contributed by atoms with van der Waals surface area (Å²) in [6.07, 6.45) is 2.67. The number of carbonyl (C=O) groups excluding carboxylic acids is 1. The summed E-state index contributed by atoms with van der Waals surface area (Å²) in [5.74, 6) is 0.267. The molecule has 0 aromatic heterocycles. The smallest absolute Gasteiger partial charge is 0.163 e. The molecule has 0 saturated carbocycles. The van der Waals surface area contributed by atoms with Crippen molar-refractivity contribution in [1.29, 1.82) is 0 Å². The van der Waals surface area contributed by atoms with Crippen LogP contribution >= 0.6 is 11.6 Å². The van der Waals surface area contributed by atoms with E-state index < -0.39 is 0 Å². The Morgan fingerprint density at radius 2 is 1.88 bits per heavy atom. The fraction of sp³-hybridized carbons (Fsp3) is 0.214. The van der Waals surface area contributed by atoms with Gasteiger partial charge in [-0.2, -0.15) is 0 Å². The molecule has 1 nitrogen and oxygen atoms in total. The molecule has 0 fully saturated rings. The maximum Gasteiger partial charge on any atom is 0.163 e. The molecule has 0 amide bonds. The van der Waals surface area contributed by atoms with Gasteiger partial charge in [0.15, 0.2) is 5.78 Å². The Hall–Kier alpha value is -1.34. The summed E-state index contributed by atoms with van der Waals surface area (Å²) >= 11 is 5.95. The summed E-state index contributed by atoms with van der Waals surface area (Å²) in [7, 11) is 0. The van der Waals surface area contributed by atoms with Crippen LogP contribution in [0.3, 0.4) is 0 Å². The molecule has 3 rings (SSSR count). The SMILES string of the molecule is O=C1CCCc2cc3ccc(Cl)cc3cc21. The topological polar surface area (TPSA) is 17.1 Å². The molecule has 2 aromatic rings. The molecule has 0 bridgehead atoms. The van der Waals surface area contributed by atoms with Gasteiger partial charge < -0.3 is 0 Å². The quantitative estimate of drug-likeness (QED) is 0.668. The molecule has 0 N–H and O–H groups in total. The van der Waals surface area contributed by atoms with Gasteiger partial charge in [-0.15, -0.1) is 0 Å². The highest BCUT2D eigenvalue weighted by molar-refractivity contribution is 6.31. The van der Waals surface area contributed by atoms with Gasteiger partial charge in [-0.3, -0.25) is 4.79 Å². The van der Waals surface area contributed by atoms with E-state index in [2.05, 4.69) is 6.07 Å². The zero-order valence-corrected chi connectivity index (χ0v) is 9.55. The van der Waals surface area contributed by atoms with Gasteiger partial charge >= 0.3 is 0 Å². The molecule has 0 atom stereocenters. The van der Waals surface area contributed by atoms with Gasteiger partial charge in [0.25, 0.3) is 0 Å². The Balaban J connectivity index is 2.30. The van der Waals surface area contributed by atoms with Crippen LogP contribution in [0, 0.1) is 0 Å². The van der Waals surface area contributed by atoms with Crippen LogP contribution in [-0.2, 0) is 6.42 Å². The molecular weight excluding hydrogens is 220 g/mol. The van der Waals surface area contributed by atoms with Crippen LogP contribution in [0.4, 0.5) is 0 Å². The largest absolute Gasteiger partial charge is 0.294 e. The van der Waals surface area contributed by atoms with E-state index in [1.165, 1.54) is 5.56 Å². The highest BCUT2D eigenvalue weighted by atomic mass is 35.5. The lowest BCUT2D eigenvalue weighted by Crippen LogP contribution is -2.10. The molecule has 2 heteroatoms. The normalized spacial score (nSPS) is 15.2. The first-order valence-electron chi connectivity index (χ1n) is 5.49. The monoisotopic (exact) mass is 230 g/mol. The molecule has 0 spiro atoms. The molecular formula is C14H11ClO. The highest BCUT2D eigenvalue weighted by Crippen LogP contribution is 2.28. The molecule has 80 valence electrons. The van der Waals surface area contributed by atoms with Crippen molar-refractivity contribution < 1.29 is 4.79 Å². The maximum atomic E-state index is 11.8. The lowest BCUT2D eigenvalue weighted by atomic mass is 9.88. The number of rotatable bonds is 0. The summed E-state index contributed by atoms with van der Waals surface area (Å²) in [4.78, 5) is 11.8. The number of halogens is 1. The van der Waals surface area contributed by atoms with Crippen LogP contribution in [0.15, 0.2) is 30.3 Å². The zero-order chi connectivity index (χ0) is 11.1. The molecule has 0 aliphatic heterocycles. The molecule has 0 unspecified atom stereocenters. The predicted octanol–water partition coefficient (Wildman–Crippen LogP) is 4.01. The van der Waals surface area contributed by atoms with Crippen LogP contribution in [0.25, 0.3) is 10.8 Å². The van der Waals surface area contributed by atoms with Crippen molar-refractivity contribution in [3.05, 3.63) is 46.5 Å². The van der Waals surface area contributed by atoms with Crippen molar-refractivity contribution >= 4 is 28.2 Å². The van der Waals surface area contributed by atoms with Crippen LogP contribution in [0.5, 0.6) is 0 Å². The van der Waals surface area contributed by atoms with Crippen LogP contribution < -0.4 is 0 Å². The summed E-state index contributed by atoms with van der Waals surface area (Å²) in [5.41, 5.74) is 2.08. The van der Waals surface area contributed by atoms with Gasteiger partial charge in [-0.25, -0.2) is 0 Å². The number of hydrogen-bond acceptors (Lipinski definition) is 1. The van der Waals surface area contributed by atoms with E-state index in [9.17, 15) is 4.79 Å². The minimum absolute atomic E-state index is 0.267. The fourth-order valence-corrected chi connectivity index (χ4v) is 2.54. The van der Waals surface area contributed by atoms with Crippen LogP contribution in [0.2, 0.25) is 5.02 Å². The zero-order valence-electron chi connectivity index (χ0n) is 8.79. The van der Waals surface area contributed by atoms with Crippen molar-refractivity contribution in [2.75, 3.05) is 0 Å². The van der Waals surface area contributed by atoms with Crippen LogP contribution in [-0.4, -0.2) is 5.78 Å². The second-order valence-electron chi connectivity index (χ2n) is 4.28. The Bertz CT molecular complexity index is 587. The van der Waals surface area contributed by atoms with Gasteiger partial charge in [0.2, 0.25) is 0 Å². The second-order valence-corrected chi connectivity index (χ2v) is 4.71. The van der Waals surface area contributed by atoms with E-state index in [-0.39, 0.29) is 5.78 Å². The van der Waals surface area contributed by atoms with Crippen molar-refractivity contribution in [1.82, 2.24) is 0 Å². The number of carbonyl (C=O) groups is 1. The Morgan fingerprint density at radius 1 is 1.00 bits per heavy atom. The molecule has 0 saturated heterocycles. The van der Waals surface area contributed by atoms with E-state index in [4.69, 9.17) is 11.6 Å². The van der Waals surface area contributed by atoms with Gasteiger partial charge in [0.05, 0.1) is 0 Å². The molecule has 0 heterocycles.